The second-order valence-corrected chi connectivity index (χ2v) is 4.87. The number of phenols is 1. The van der Waals surface area contributed by atoms with Crippen molar-refractivity contribution >= 4 is 17.3 Å². The highest BCUT2D eigenvalue weighted by Crippen LogP contribution is 2.22. The van der Waals surface area contributed by atoms with Gasteiger partial charge in [0.2, 0.25) is 0 Å². The average Bonchev–Trinajstić information content (AvgIpc) is 2.52. The van der Waals surface area contributed by atoms with E-state index in [-0.39, 0.29) is 17.0 Å². The first kappa shape index (κ1) is 16.0. The smallest absolute Gasteiger partial charge is 0.272 e. The van der Waals surface area contributed by atoms with Crippen LogP contribution in [0.3, 0.4) is 0 Å². The zero-order valence-corrected chi connectivity index (χ0v) is 12.4. The molecule has 0 unspecified atom stereocenters. The molecule has 2 rings (SSSR count). The highest BCUT2D eigenvalue weighted by molar-refractivity contribution is 5.94. The molecule has 0 saturated carbocycles. The molecule has 3 N–H and O–H groups in total. The van der Waals surface area contributed by atoms with E-state index in [1.807, 2.05) is 0 Å². The first-order valence-corrected chi connectivity index (χ1v) is 6.68. The lowest BCUT2D eigenvalue weighted by Crippen LogP contribution is -2.35. The average molecular weight is 313 g/mol. The van der Waals surface area contributed by atoms with Crippen molar-refractivity contribution in [2.75, 3.05) is 0 Å². The Labute approximate surface area is 132 Å². The molecule has 0 heterocycles. The number of hydrazine groups is 1. The van der Waals surface area contributed by atoms with Crippen LogP contribution in [0.5, 0.6) is 5.75 Å². The van der Waals surface area contributed by atoms with Gasteiger partial charge in [0.1, 0.15) is 5.75 Å². The molecular formula is C16H15N3O4. The van der Waals surface area contributed by atoms with Crippen LogP contribution in [0, 0.1) is 17.0 Å². The standard InChI is InChI=1S/C16H15N3O4/c1-10-6-7-12(9-15(10)19(22)23)11(2)17-18-16(21)13-4-3-5-14(20)8-13/h3-9,17,20H,2H2,1H3,(H,18,21). The molecule has 0 aliphatic carbocycles. The van der Waals surface area contributed by atoms with Crippen molar-refractivity contribution < 1.29 is 14.8 Å². The Balaban J connectivity index is 2.06. The highest BCUT2D eigenvalue weighted by Gasteiger charge is 2.13. The Morgan fingerprint density at radius 1 is 1.17 bits per heavy atom. The molecular weight excluding hydrogens is 298 g/mol. The molecule has 0 aliphatic rings. The summed E-state index contributed by atoms with van der Waals surface area (Å²) >= 11 is 0. The van der Waals surface area contributed by atoms with Crippen molar-refractivity contribution in [3.05, 3.63) is 75.8 Å². The van der Waals surface area contributed by atoms with Crippen molar-refractivity contribution in [2.45, 2.75) is 6.92 Å². The largest absolute Gasteiger partial charge is 0.508 e. The third-order valence-corrected chi connectivity index (χ3v) is 3.19. The Bertz CT molecular complexity index is 787. The lowest BCUT2D eigenvalue weighted by atomic mass is 10.1. The number of nitro benzene ring substituents is 1. The number of benzene rings is 2. The molecule has 0 atom stereocenters. The summed E-state index contributed by atoms with van der Waals surface area (Å²) in [5.41, 5.74) is 6.59. The summed E-state index contributed by atoms with van der Waals surface area (Å²) in [5, 5.41) is 20.3. The predicted octanol–water partition coefficient (Wildman–Crippen LogP) is 2.51. The van der Waals surface area contributed by atoms with Crippen LogP contribution in [0.2, 0.25) is 0 Å². The topological polar surface area (TPSA) is 104 Å². The van der Waals surface area contributed by atoms with E-state index in [9.17, 15) is 20.0 Å². The molecule has 2 aromatic rings. The third-order valence-electron chi connectivity index (χ3n) is 3.19. The van der Waals surface area contributed by atoms with Gasteiger partial charge in [0.05, 0.1) is 10.6 Å². The second-order valence-electron chi connectivity index (χ2n) is 4.87. The van der Waals surface area contributed by atoms with Gasteiger partial charge in [-0.2, -0.15) is 0 Å². The molecule has 0 aliphatic heterocycles. The van der Waals surface area contributed by atoms with Gasteiger partial charge in [-0.25, -0.2) is 0 Å². The molecule has 7 nitrogen and oxygen atoms in total. The number of nitrogens with zero attached hydrogens (tertiary/aromatic N) is 1. The number of aromatic hydroxyl groups is 1. The molecule has 0 aromatic heterocycles. The van der Waals surface area contributed by atoms with Gasteiger partial charge in [0.15, 0.2) is 0 Å². The van der Waals surface area contributed by atoms with Crippen molar-refractivity contribution in [3.63, 3.8) is 0 Å². The minimum atomic E-state index is -0.475. The number of amides is 1. The van der Waals surface area contributed by atoms with E-state index < -0.39 is 10.8 Å². The zero-order valence-electron chi connectivity index (χ0n) is 12.4. The number of hydrogen-bond donors (Lipinski definition) is 3. The molecule has 0 spiro atoms. The maximum atomic E-state index is 11.9. The number of aryl methyl sites for hydroxylation is 1. The fourth-order valence-corrected chi connectivity index (χ4v) is 1.92. The van der Waals surface area contributed by atoms with Gasteiger partial charge in [0, 0.05) is 22.8 Å². The molecule has 0 bridgehead atoms. The van der Waals surface area contributed by atoms with Gasteiger partial charge in [-0.05, 0) is 25.1 Å². The number of nitro groups is 1. The fourth-order valence-electron chi connectivity index (χ4n) is 1.92. The highest BCUT2D eigenvalue weighted by atomic mass is 16.6. The predicted molar refractivity (Wildman–Crippen MR) is 85.6 cm³/mol. The summed E-state index contributed by atoms with van der Waals surface area (Å²) < 4.78 is 0. The molecule has 7 heteroatoms. The van der Waals surface area contributed by atoms with Gasteiger partial charge in [-0.15, -0.1) is 0 Å². The van der Waals surface area contributed by atoms with E-state index in [0.717, 1.165) is 0 Å². The minimum Gasteiger partial charge on any atom is -0.508 e. The van der Waals surface area contributed by atoms with Crippen LogP contribution in [-0.2, 0) is 0 Å². The van der Waals surface area contributed by atoms with Crippen LogP contribution in [0.15, 0.2) is 49.0 Å². The Morgan fingerprint density at radius 2 is 1.91 bits per heavy atom. The maximum absolute atomic E-state index is 11.9. The maximum Gasteiger partial charge on any atom is 0.272 e. The molecule has 0 fully saturated rings. The van der Waals surface area contributed by atoms with Crippen LogP contribution < -0.4 is 10.9 Å². The number of rotatable bonds is 5. The van der Waals surface area contributed by atoms with Crippen LogP contribution in [0.1, 0.15) is 21.5 Å². The SMILES string of the molecule is C=C(NNC(=O)c1cccc(O)c1)c1ccc(C)c([N+](=O)[O-])c1. The molecule has 0 radical (unpaired) electrons. The summed E-state index contributed by atoms with van der Waals surface area (Å²) in [6, 6.07) is 10.5. The van der Waals surface area contributed by atoms with Crippen LogP contribution in [0.4, 0.5) is 5.69 Å². The Morgan fingerprint density at radius 3 is 2.57 bits per heavy atom. The first-order valence-electron chi connectivity index (χ1n) is 6.68. The van der Waals surface area contributed by atoms with E-state index >= 15 is 0 Å². The quantitative estimate of drug-likeness (QED) is 0.581. The normalized spacial score (nSPS) is 9.96. The second kappa shape index (κ2) is 6.61. The number of carbonyl (C=O) groups is 1. The van der Waals surface area contributed by atoms with Gasteiger partial charge in [0.25, 0.3) is 11.6 Å². The van der Waals surface area contributed by atoms with Crippen molar-refractivity contribution in [1.82, 2.24) is 10.9 Å². The number of nitrogens with one attached hydrogen (secondary N) is 2. The summed E-state index contributed by atoms with van der Waals surface area (Å²) in [7, 11) is 0. The van der Waals surface area contributed by atoms with Crippen molar-refractivity contribution in [1.29, 1.82) is 0 Å². The van der Waals surface area contributed by atoms with Gasteiger partial charge in [-0.1, -0.05) is 24.8 Å². The molecule has 118 valence electrons. The number of carbonyl (C=O) groups excluding carboxylic acids is 1. The van der Waals surface area contributed by atoms with Gasteiger partial charge >= 0.3 is 0 Å². The van der Waals surface area contributed by atoms with Crippen molar-refractivity contribution in [3.8, 4) is 5.75 Å². The summed E-state index contributed by atoms with van der Waals surface area (Å²) in [6.45, 7) is 5.38. The molecule has 23 heavy (non-hydrogen) atoms. The van der Waals surface area contributed by atoms with Gasteiger partial charge in [-0.3, -0.25) is 25.8 Å². The van der Waals surface area contributed by atoms with E-state index in [4.69, 9.17) is 0 Å². The number of phenolic OH excluding ortho intramolecular Hbond substituents is 1. The van der Waals surface area contributed by atoms with Crippen LogP contribution in [0.25, 0.3) is 5.70 Å². The molecule has 2 aromatic carbocycles. The first-order chi connectivity index (χ1) is 10.9. The monoisotopic (exact) mass is 313 g/mol. The van der Waals surface area contributed by atoms with E-state index in [1.54, 1.807) is 25.1 Å². The zero-order chi connectivity index (χ0) is 17.0. The van der Waals surface area contributed by atoms with E-state index in [0.29, 0.717) is 16.8 Å². The third kappa shape index (κ3) is 3.85. The summed E-state index contributed by atoms with van der Waals surface area (Å²) in [6.07, 6.45) is 0. The van der Waals surface area contributed by atoms with Crippen molar-refractivity contribution in [2.24, 2.45) is 0 Å². The fraction of sp³-hybridized carbons (Fsp3) is 0.0625. The minimum absolute atomic E-state index is 0.0226. The molecule has 1 amide bonds. The van der Waals surface area contributed by atoms with E-state index in [1.165, 1.54) is 24.3 Å². The number of hydrogen-bond acceptors (Lipinski definition) is 5. The molecule has 0 saturated heterocycles. The lowest BCUT2D eigenvalue weighted by Gasteiger charge is -2.12. The Hall–Kier alpha value is -3.35. The lowest BCUT2D eigenvalue weighted by molar-refractivity contribution is -0.385. The summed E-state index contributed by atoms with van der Waals surface area (Å²) in [5.74, 6) is -0.491. The van der Waals surface area contributed by atoms with Gasteiger partial charge < -0.3 is 5.11 Å². The van der Waals surface area contributed by atoms with Crippen LogP contribution in [-0.4, -0.2) is 15.9 Å². The Kier molecular flexibility index (Phi) is 4.61. The van der Waals surface area contributed by atoms with E-state index in [2.05, 4.69) is 17.4 Å². The van der Waals surface area contributed by atoms with Crippen LogP contribution >= 0.6 is 0 Å². The summed E-state index contributed by atoms with van der Waals surface area (Å²) in [4.78, 5) is 22.4.